The van der Waals surface area contributed by atoms with Gasteiger partial charge in [-0.2, -0.15) is 0 Å². The molecule has 0 amide bonds. The van der Waals surface area contributed by atoms with Crippen LogP contribution in [0.4, 0.5) is 11.4 Å². The molecule has 2 N–H and O–H groups in total. The fraction of sp³-hybridized carbons (Fsp3) is 0.381. The first-order valence-corrected chi connectivity index (χ1v) is 10.9. The van der Waals surface area contributed by atoms with Crippen LogP contribution in [0.5, 0.6) is 0 Å². The molecule has 0 spiro atoms. The minimum absolute atomic E-state index is 0.117. The summed E-state index contributed by atoms with van der Waals surface area (Å²) in [7, 11) is 0. The summed E-state index contributed by atoms with van der Waals surface area (Å²) in [5.41, 5.74) is 3.38. The normalized spacial score (nSPS) is 16.1. The fourth-order valence-electron chi connectivity index (χ4n) is 3.26. The third-order valence-electron chi connectivity index (χ3n) is 5.07. The van der Waals surface area contributed by atoms with E-state index in [4.69, 9.17) is 23.8 Å². The number of nitrogens with zero attached hydrogens (tertiary/aromatic N) is 1. The van der Waals surface area contributed by atoms with E-state index < -0.39 is 0 Å². The highest BCUT2D eigenvalue weighted by molar-refractivity contribution is 9.10. The van der Waals surface area contributed by atoms with E-state index in [1.165, 1.54) is 24.1 Å². The second-order valence-electron chi connectivity index (χ2n) is 7.21. The van der Waals surface area contributed by atoms with Crippen LogP contribution in [0.3, 0.4) is 0 Å². The van der Waals surface area contributed by atoms with Gasteiger partial charge >= 0.3 is 0 Å². The summed E-state index contributed by atoms with van der Waals surface area (Å²) in [6, 6.07) is 14.6. The van der Waals surface area contributed by atoms with Gasteiger partial charge in [-0.3, -0.25) is 0 Å². The summed E-state index contributed by atoms with van der Waals surface area (Å²) in [4.78, 5) is 2.48. The Bertz CT molecular complexity index is 789. The third-order valence-corrected chi connectivity index (χ3v) is 6.52. The molecule has 3 nitrogen and oxygen atoms in total. The predicted molar refractivity (Wildman–Crippen MR) is 124 cm³/mol. The fourth-order valence-corrected chi connectivity index (χ4v) is 3.98. The van der Waals surface area contributed by atoms with Crippen molar-refractivity contribution in [2.45, 2.75) is 32.7 Å². The smallest absolute Gasteiger partial charge is 0.171 e. The van der Waals surface area contributed by atoms with E-state index in [1.54, 1.807) is 0 Å². The van der Waals surface area contributed by atoms with E-state index in [9.17, 15) is 0 Å². The third kappa shape index (κ3) is 5.59. The molecule has 1 heterocycles. The van der Waals surface area contributed by atoms with Gasteiger partial charge in [0.25, 0.3) is 0 Å². The molecule has 0 aromatic heterocycles. The van der Waals surface area contributed by atoms with Crippen molar-refractivity contribution in [2.24, 2.45) is 5.92 Å². The molecule has 0 radical (unpaired) electrons. The van der Waals surface area contributed by atoms with Crippen LogP contribution in [-0.4, -0.2) is 18.2 Å². The molecule has 144 valence electrons. The SMILES string of the molecule is CC1CCN(c2ccc([C@@H](C)NC(=S)Nc3ccc(Br)c(Cl)c3)cc2)CC1. The van der Waals surface area contributed by atoms with Crippen molar-refractivity contribution in [2.75, 3.05) is 23.3 Å². The maximum Gasteiger partial charge on any atom is 0.171 e. The highest BCUT2D eigenvalue weighted by atomic mass is 79.9. The van der Waals surface area contributed by atoms with Gasteiger partial charge in [-0.25, -0.2) is 0 Å². The molecule has 1 aliphatic heterocycles. The van der Waals surface area contributed by atoms with Gasteiger partial charge in [0.1, 0.15) is 0 Å². The van der Waals surface area contributed by atoms with E-state index >= 15 is 0 Å². The van der Waals surface area contributed by atoms with E-state index in [0.29, 0.717) is 10.1 Å². The van der Waals surface area contributed by atoms with Crippen molar-refractivity contribution in [3.05, 3.63) is 57.5 Å². The quantitative estimate of drug-likeness (QED) is 0.511. The molecule has 0 unspecified atom stereocenters. The molecule has 1 fully saturated rings. The number of halogens is 2. The van der Waals surface area contributed by atoms with Gasteiger partial charge in [-0.05, 0) is 89.7 Å². The Labute approximate surface area is 180 Å². The first-order chi connectivity index (χ1) is 12.9. The van der Waals surface area contributed by atoms with Crippen LogP contribution < -0.4 is 15.5 Å². The Morgan fingerprint density at radius 3 is 2.48 bits per heavy atom. The van der Waals surface area contributed by atoms with Gasteiger partial charge in [0.05, 0.1) is 11.1 Å². The Hall–Kier alpha value is -1.30. The molecule has 1 atom stereocenters. The second-order valence-corrected chi connectivity index (χ2v) is 8.88. The van der Waals surface area contributed by atoms with E-state index in [1.807, 2.05) is 18.2 Å². The molecule has 1 saturated heterocycles. The summed E-state index contributed by atoms with van der Waals surface area (Å²) in [5, 5.41) is 7.75. The lowest BCUT2D eigenvalue weighted by molar-refractivity contribution is 0.438. The van der Waals surface area contributed by atoms with Gasteiger partial charge < -0.3 is 15.5 Å². The highest BCUT2D eigenvalue weighted by Gasteiger charge is 2.16. The van der Waals surface area contributed by atoms with Gasteiger partial charge in [-0.1, -0.05) is 30.7 Å². The van der Waals surface area contributed by atoms with Crippen LogP contribution >= 0.6 is 39.7 Å². The number of anilines is 2. The minimum Gasteiger partial charge on any atom is -0.372 e. The minimum atomic E-state index is 0.117. The summed E-state index contributed by atoms with van der Waals surface area (Å²) in [6.45, 7) is 6.75. The maximum absolute atomic E-state index is 6.13. The largest absolute Gasteiger partial charge is 0.372 e. The Morgan fingerprint density at radius 1 is 1.19 bits per heavy atom. The van der Waals surface area contributed by atoms with Gasteiger partial charge in [0.15, 0.2) is 5.11 Å². The van der Waals surface area contributed by atoms with Crippen molar-refractivity contribution in [3.8, 4) is 0 Å². The van der Waals surface area contributed by atoms with Crippen LogP contribution in [0.25, 0.3) is 0 Å². The summed E-state index contributed by atoms with van der Waals surface area (Å²) in [5.74, 6) is 0.846. The second kappa shape index (κ2) is 9.26. The number of piperidine rings is 1. The number of rotatable bonds is 4. The van der Waals surface area contributed by atoms with Crippen molar-refractivity contribution in [1.29, 1.82) is 0 Å². The van der Waals surface area contributed by atoms with Crippen molar-refractivity contribution in [3.63, 3.8) is 0 Å². The van der Waals surface area contributed by atoms with Crippen molar-refractivity contribution in [1.82, 2.24) is 5.32 Å². The summed E-state index contributed by atoms with van der Waals surface area (Å²) >= 11 is 15.0. The van der Waals surface area contributed by atoms with Crippen molar-refractivity contribution >= 4 is 56.2 Å². The Morgan fingerprint density at radius 2 is 1.85 bits per heavy atom. The summed E-state index contributed by atoms with van der Waals surface area (Å²) < 4.78 is 0.866. The van der Waals surface area contributed by atoms with E-state index in [2.05, 4.69) is 69.6 Å². The lowest BCUT2D eigenvalue weighted by Crippen LogP contribution is -2.33. The van der Waals surface area contributed by atoms with E-state index in [-0.39, 0.29) is 6.04 Å². The van der Waals surface area contributed by atoms with Gasteiger partial charge in [-0.15, -0.1) is 0 Å². The molecule has 0 saturated carbocycles. The zero-order valence-electron chi connectivity index (χ0n) is 15.6. The van der Waals surface area contributed by atoms with Gasteiger partial charge in [0.2, 0.25) is 0 Å². The van der Waals surface area contributed by atoms with Gasteiger partial charge in [0, 0.05) is 28.9 Å². The molecular formula is C21H25BrClN3S. The number of benzene rings is 2. The Balaban J connectivity index is 1.56. The average Bonchev–Trinajstić information content (AvgIpc) is 2.65. The van der Waals surface area contributed by atoms with Crippen LogP contribution in [0.2, 0.25) is 5.02 Å². The molecule has 0 aliphatic carbocycles. The number of thiocarbonyl (C=S) groups is 1. The predicted octanol–water partition coefficient (Wildman–Crippen LogP) is 6.39. The molecule has 1 aliphatic rings. The molecule has 27 heavy (non-hydrogen) atoms. The number of nitrogens with one attached hydrogen (secondary N) is 2. The first kappa shape index (κ1) is 20.4. The summed E-state index contributed by atoms with van der Waals surface area (Å²) in [6.07, 6.45) is 2.56. The molecule has 2 aromatic rings. The van der Waals surface area contributed by atoms with Crippen LogP contribution in [0.15, 0.2) is 46.9 Å². The van der Waals surface area contributed by atoms with Crippen LogP contribution in [0.1, 0.15) is 38.3 Å². The first-order valence-electron chi connectivity index (χ1n) is 9.30. The molecule has 2 aromatic carbocycles. The van der Waals surface area contributed by atoms with E-state index in [0.717, 1.165) is 29.2 Å². The number of hydrogen-bond acceptors (Lipinski definition) is 2. The van der Waals surface area contributed by atoms with Crippen LogP contribution in [-0.2, 0) is 0 Å². The maximum atomic E-state index is 6.13. The Kier molecular flexibility index (Phi) is 7.01. The van der Waals surface area contributed by atoms with Crippen molar-refractivity contribution < 1.29 is 0 Å². The molecule has 6 heteroatoms. The highest BCUT2D eigenvalue weighted by Crippen LogP contribution is 2.26. The van der Waals surface area contributed by atoms with Crippen LogP contribution in [0, 0.1) is 5.92 Å². The lowest BCUT2D eigenvalue weighted by Gasteiger charge is -2.32. The topological polar surface area (TPSA) is 27.3 Å². The zero-order valence-corrected chi connectivity index (χ0v) is 18.8. The standard InChI is InChI=1S/C21H25BrClN3S/c1-14-9-11-26(12-10-14)18-6-3-16(4-7-18)15(2)24-21(27)25-17-5-8-19(22)20(23)13-17/h3-8,13-15H,9-12H2,1-2H3,(H2,24,25,27)/t15-/m1/s1. The average molecular weight is 467 g/mol. The number of hydrogen-bond donors (Lipinski definition) is 2. The zero-order chi connectivity index (χ0) is 19.4. The molecular weight excluding hydrogens is 442 g/mol. The monoisotopic (exact) mass is 465 g/mol. The molecule has 0 bridgehead atoms. The lowest BCUT2D eigenvalue weighted by atomic mass is 9.98. The molecule has 3 rings (SSSR count).